The second kappa shape index (κ2) is 6.83. The van der Waals surface area contributed by atoms with E-state index in [2.05, 4.69) is 53.9 Å². The van der Waals surface area contributed by atoms with Crippen molar-refractivity contribution in [3.63, 3.8) is 0 Å². The predicted molar refractivity (Wildman–Crippen MR) is 123 cm³/mol. The van der Waals surface area contributed by atoms with Crippen molar-refractivity contribution >= 4 is 23.6 Å². The first kappa shape index (κ1) is 19.6. The van der Waals surface area contributed by atoms with Gasteiger partial charge in [-0.3, -0.25) is 0 Å². The lowest BCUT2D eigenvalue weighted by Crippen LogP contribution is -2.50. The van der Waals surface area contributed by atoms with Gasteiger partial charge in [0, 0.05) is 11.1 Å². The molecule has 0 radical (unpaired) electrons. The van der Waals surface area contributed by atoms with Crippen molar-refractivity contribution < 1.29 is 5.21 Å². The molecule has 4 heteroatoms. The van der Waals surface area contributed by atoms with E-state index >= 15 is 0 Å². The van der Waals surface area contributed by atoms with E-state index in [1.807, 2.05) is 18.5 Å². The fourth-order valence-corrected chi connectivity index (χ4v) is 7.49. The lowest BCUT2D eigenvalue weighted by molar-refractivity contribution is -0.0204. The Morgan fingerprint density at radius 2 is 1.97 bits per heavy atom. The molecule has 1 aromatic heterocycles. The van der Waals surface area contributed by atoms with Crippen LogP contribution >= 0.6 is 0 Å². The van der Waals surface area contributed by atoms with Crippen LogP contribution in [0.2, 0.25) is 0 Å². The van der Waals surface area contributed by atoms with E-state index in [1.165, 1.54) is 30.5 Å². The second-order valence-corrected chi connectivity index (χ2v) is 10.2. The lowest BCUT2D eigenvalue weighted by atomic mass is 9.47. The van der Waals surface area contributed by atoms with Gasteiger partial charge in [-0.1, -0.05) is 43.8 Å². The Balaban J connectivity index is 1.48. The molecule has 1 heterocycles. The molecule has 2 fully saturated rings. The van der Waals surface area contributed by atoms with E-state index in [0.717, 1.165) is 54.6 Å². The van der Waals surface area contributed by atoms with Crippen molar-refractivity contribution in [2.24, 2.45) is 33.7 Å². The summed E-state index contributed by atoms with van der Waals surface area (Å²) in [4.78, 5) is 4.57. The summed E-state index contributed by atoms with van der Waals surface area (Å²) in [6.07, 6.45) is 18.4. The minimum atomic E-state index is 0.183. The predicted octanol–water partition coefficient (Wildman–Crippen LogP) is 6.41. The van der Waals surface area contributed by atoms with Crippen molar-refractivity contribution in [2.75, 3.05) is 0 Å². The molecule has 158 valence electrons. The van der Waals surface area contributed by atoms with Gasteiger partial charge in [-0.05, 0) is 86.3 Å². The number of nitrogens with zero attached hydrogens (tertiary/aromatic N) is 3. The normalized spacial score (nSPS) is 38.9. The van der Waals surface area contributed by atoms with Gasteiger partial charge in [0.2, 0.25) is 0 Å². The number of imidazole rings is 1. The van der Waals surface area contributed by atoms with Gasteiger partial charge in [0.05, 0.1) is 17.1 Å². The summed E-state index contributed by atoms with van der Waals surface area (Å²) in [6.45, 7) is 12.9. The summed E-state index contributed by atoms with van der Waals surface area (Å²) in [7, 11) is 0. The monoisotopic (exact) mass is 403 g/mol. The molecule has 0 bridgehead atoms. The number of allylic oxidation sites excluding steroid dienone is 4. The van der Waals surface area contributed by atoms with Crippen LogP contribution in [0.4, 0.5) is 0 Å². The molecule has 0 amide bonds. The summed E-state index contributed by atoms with van der Waals surface area (Å²) in [5, 5.41) is 12.8. The van der Waals surface area contributed by atoms with Gasteiger partial charge < -0.3 is 9.77 Å². The maximum atomic E-state index is 9.27. The highest BCUT2D eigenvalue weighted by Crippen LogP contribution is 2.66. The van der Waals surface area contributed by atoms with Gasteiger partial charge in [-0.15, -0.1) is 0 Å². The van der Waals surface area contributed by atoms with Gasteiger partial charge in [0.1, 0.15) is 6.33 Å². The molecule has 5 rings (SSSR count). The van der Waals surface area contributed by atoms with E-state index in [9.17, 15) is 5.21 Å². The average Bonchev–Trinajstić information content (AvgIpc) is 3.32. The summed E-state index contributed by atoms with van der Waals surface area (Å²) >= 11 is 0. The average molecular weight is 404 g/mol. The fraction of sp³-hybridized carbons (Fsp3) is 0.538. The summed E-state index contributed by atoms with van der Waals surface area (Å²) < 4.78 is 2.27. The lowest BCUT2D eigenvalue weighted by Gasteiger charge is -2.58. The van der Waals surface area contributed by atoms with Gasteiger partial charge >= 0.3 is 0 Å². The van der Waals surface area contributed by atoms with Crippen molar-refractivity contribution in [1.82, 2.24) is 9.55 Å². The van der Waals surface area contributed by atoms with Crippen LogP contribution in [0, 0.1) is 28.6 Å². The van der Waals surface area contributed by atoms with Crippen molar-refractivity contribution in [2.45, 2.75) is 58.8 Å². The SMILES string of the molecule is C=Cc1ncn(C2=CCC3C4CCC5=C/C(=N\O)CCC5(C)C4CCC23C)c1C=C. The zero-order valence-corrected chi connectivity index (χ0v) is 18.3. The van der Waals surface area contributed by atoms with Crippen LogP contribution in [0.25, 0.3) is 17.8 Å². The van der Waals surface area contributed by atoms with Crippen LogP contribution in [0.1, 0.15) is 70.2 Å². The van der Waals surface area contributed by atoms with Crippen molar-refractivity contribution in [3.05, 3.63) is 48.6 Å². The van der Waals surface area contributed by atoms with Crippen LogP contribution in [-0.4, -0.2) is 20.5 Å². The largest absolute Gasteiger partial charge is 0.411 e. The highest BCUT2D eigenvalue weighted by atomic mass is 16.4. The molecule has 4 aliphatic carbocycles. The molecule has 4 nitrogen and oxygen atoms in total. The maximum absolute atomic E-state index is 9.27. The Morgan fingerprint density at radius 3 is 2.70 bits per heavy atom. The standard InChI is InChI=1S/C26H33N3O/c1-5-22-23(6-2)29(16-27-22)24-10-9-20-19-8-7-17-15-18(28-30)11-13-25(17,3)21(19)12-14-26(20,24)4/h5-6,10,15-16,19-21,30H,1-2,7-9,11-14H2,3-4H3/b28-18-. The molecule has 4 aliphatic rings. The number of rotatable bonds is 3. The quantitative estimate of drug-likeness (QED) is 0.468. The maximum Gasteiger partial charge on any atom is 0.100 e. The zero-order chi connectivity index (χ0) is 21.1. The zero-order valence-electron chi connectivity index (χ0n) is 18.3. The molecular weight excluding hydrogens is 370 g/mol. The molecule has 0 aromatic carbocycles. The van der Waals surface area contributed by atoms with Crippen LogP contribution in [0.5, 0.6) is 0 Å². The summed E-state index contributed by atoms with van der Waals surface area (Å²) in [5.41, 5.74) is 6.21. The molecule has 5 unspecified atom stereocenters. The topological polar surface area (TPSA) is 50.4 Å². The summed E-state index contributed by atoms with van der Waals surface area (Å²) in [6, 6.07) is 0. The Kier molecular flexibility index (Phi) is 4.46. The third-order valence-electron chi connectivity index (χ3n) is 9.13. The minimum Gasteiger partial charge on any atom is -0.411 e. The molecule has 5 atom stereocenters. The second-order valence-electron chi connectivity index (χ2n) is 10.2. The van der Waals surface area contributed by atoms with Crippen LogP contribution in [0.15, 0.2) is 42.4 Å². The van der Waals surface area contributed by atoms with Crippen molar-refractivity contribution in [3.8, 4) is 0 Å². The van der Waals surface area contributed by atoms with Gasteiger partial charge in [0.15, 0.2) is 0 Å². The third kappa shape index (κ3) is 2.52. The van der Waals surface area contributed by atoms with E-state index in [-0.39, 0.29) is 10.8 Å². The van der Waals surface area contributed by atoms with E-state index in [1.54, 1.807) is 0 Å². The van der Waals surface area contributed by atoms with Gasteiger partial charge in [-0.2, -0.15) is 0 Å². The van der Waals surface area contributed by atoms with Crippen LogP contribution in [0.3, 0.4) is 0 Å². The molecule has 1 aromatic rings. The Hall–Kier alpha value is -2.36. The highest BCUT2D eigenvalue weighted by molar-refractivity contribution is 5.96. The van der Waals surface area contributed by atoms with Crippen LogP contribution in [-0.2, 0) is 0 Å². The molecular formula is C26H33N3O. The van der Waals surface area contributed by atoms with Gasteiger partial charge in [0.25, 0.3) is 0 Å². The Bertz CT molecular complexity index is 996. The molecule has 0 saturated heterocycles. The summed E-state index contributed by atoms with van der Waals surface area (Å²) in [5.74, 6) is 2.17. The van der Waals surface area contributed by atoms with E-state index < -0.39 is 0 Å². The first-order valence-corrected chi connectivity index (χ1v) is 11.4. The molecule has 0 aliphatic heterocycles. The molecule has 30 heavy (non-hydrogen) atoms. The third-order valence-corrected chi connectivity index (χ3v) is 9.13. The number of aromatic nitrogens is 2. The number of oxime groups is 1. The smallest absolute Gasteiger partial charge is 0.100 e. The fourth-order valence-electron chi connectivity index (χ4n) is 7.49. The Labute approximate surface area is 179 Å². The van der Waals surface area contributed by atoms with Gasteiger partial charge in [-0.25, -0.2) is 4.98 Å². The number of fused-ring (bicyclic) bond motifs is 5. The molecule has 2 saturated carbocycles. The van der Waals surface area contributed by atoms with E-state index in [0.29, 0.717) is 5.92 Å². The first-order valence-electron chi connectivity index (χ1n) is 11.4. The molecule has 1 N–H and O–H groups in total. The number of hydrogen-bond acceptors (Lipinski definition) is 3. The van der Waals surface area contributed by atoms with Crippen molar-refractivity contribution in [1.29, 1.82) is 0 Å². The minimum absolute atomic E-state index is 0.183. The van der Waals surface area contributed by atoms with Crippen LogP contribution < -0.4 is 0 Å². The number of hydrogen-bond donors (Lipinski definition) is 1. The first-order chi connectivity index (χ1) is 14.5. The van der Waals surface area contributed by atoms with E-state index in [4.69, 9.17) is 0 Å². The highest BCUT2D eigenvalue weighted by Gasteiger charge is 2.57. The Morgan fingerprint density at radius 1 is 1.13 bits per heavy atom. The molecule has 0 spiro atoms.